The third-order valence-electron chi connectivity index (χ3n) is 3.30. The number of benzene rings is 2. The smallest absolute Gasteiger partial charge is 0.257 e. The largest absolute Gasteiger partial charge is 0.494 e. The summed E-state index contributed by atoms with van der Waals surface area (Å²) >= 11 is 5.21. The number of carbonyl (C=O) groups is 1. The number of nitrogens with one attached hydrogen (secondary N) is 2. The van der Waals surface area contributed by atoms with E-state index in [9.17, 15) is 4.79 Å². The van der Waals surface area contributed by atoms with E-state index in [0.29, 0.717) is 17.3 Å². The molecule has 1 atom stereocenters. The van der Waals surface area contributed by atoms with Crippen LogP contribution in [0.1, 0.15) is 35.8 Å². The van der Waals surface area contributed by atoms with E-state index in [1.54, 1.807) is 24.3 Å². The molecule has 5 heteroatoms. The van der Waals surface area contributed by atoms with Gasteiger partial charge in [0.05, 0.1) is 12.6 Å². The fraction of sp³-hybridized carbons (Fsp3) is 0.222. The van der Waals surface area contributed by atoms with Crippen LogP contribution in [0.4, 0.5) is 0 Å². The highest BCUT2D eigenvalue weighted by molar-refractivity contribution is 7.80. The second-order valence-electron chi connectivity index (χ2n) is 5.02. The summed E-state index contributed by atoms with van der Waals surface area (Å²) in [6.07, 6.45) is 0. The molecule has 2 rings (SSSR count). The molecular formula is C18H20N2O2S. The normalized spacial score (nSPS) is 11.4. The first-order valence-electron chi connectivity index (χ1n) is 7.49. The quantitative estimate of drug-likeness (QED) is 0.826. The summed E-state index contributed by atoms with van der Waals surface area (Å²) in [5.74, 6) is 0.494. The van der Waals surface area contributed by atoms with Crippen molar-refractivity contribution in [3.05, 3.63) is 65.7 Å². The number of carbonyl (C=O) groups excluding carboxylic acids is 1. The van der Waals surface area contributed by atoms with E-state index in [1.807, 2.05) is 44.2 Å². The van der Waals surface area contributed by atoms with Gasteiger partial charge in [0, 0.05) is 5.56 Å². The summed E-state index contributed by atoms with van der Waals surface area (Å²) in [5.41, 5.74) is 1.63. The standard InChI is InChI=1S/C18H20N2O2S/c1-3-22-16-11-9-15(10-12-16)17(21)20-18(23)19-13(2)14-7-5-4-6-8-14/h4-13H,3H2,1-2H3,(H2,19,20,21,23). The van der Waals surface area contributed by atoms with E-state index < -0.39 is 0 Å². The maximum atomic E-state index is 12.2. The Balaban J connectivity index is 1.90. The van der Waals surface area contributed by atoms with E-state index in [1.165, 1.54) is 0 Å². The van der Waals surface area contributed by atoms with Gasteiger partial charge in [0.15, 0.2) is 5.11 Å². The van der Waals surface area contributed by atoms with E-state index >= 15 is 0 Å². The molecule has 2 aromatic rings. The van der Waals surface area contributed by atoms with Crippen molar-refractivity contribution < 1.29 is 9.53 Å². The highest BCUT2D eigenvalue weighted by atomic mass is 32.1. The Morgan fingerprint density at radius 3 is 2.39 bits per heavy atom. The first kappa shape index (κ1) is 17.0. The summed E-state index contributed by atoms with van der Waals surface area (Å²) in [5, 5.41) is 6.10. The van der Waals surface area contributed by atoms with Gasteiger partial charge in [-0.05, 0) is 55.9 Å². The summed E-state index contributed by atoms with van der Waals surface area (Å²) in [6, 6.07) is 16.9. The third kappa shape index (κ3) is 5.07. The van der Waals surface area contributed by atoms with Crippen LogP contribution < -0.4 is 15.4 Å². The van der Waals surface area contributed by atoms with Gasteiger partial charge in [-0.1, -0.05) is 30.3 Å². The first-order chi connectivity index (χ1) is 11.1. The number of hydrogen-bond donors (Lipinski definition) is 2. The lowest BCUT2D eigenvalue weighted by Gasteiger charge is -2.16. The van der Waals surface area contributed by atoms with E-state index in [-0.39, 0.29) is 11.9 Å². The van der Waals surface area contributed by atoms with Gasteiger partial charge in [-0.3, -0.25) is 10.1 Å². The van der Waals surface area contributed by atoms with Crippen molar-refractivity contribution in [1.82, 2.24) is 10.6 Å². The van der Waals surface area contributed by atoms with Crippen molar-refractivity contribution in [2.45, 2.75) is 19.9 Å². The number of ether oxygens (including phenoxy) is 1. The summed E-state index contributed by atoms with van der Waals surface area (Å²) in [4.78, 5) is 12.2. The molecule has 1 unspecified atom stereocenters. The number of rotatable bonds is 5. The van der Waals surface area contributed by atoms with Crippen molar-refractivity contribution in [2.24, 2.45) is 0 Å². The molecule has 4 nitrogen and oxygen atoms in total. The molecule has 23 heavy (non-hydrogen) atoms. The van der Waals surface area contributed by atoms with Crippen molar-refractivity contribution in [2.75, 3.05) is 6.61 Å². The molecular weight excluding hydrogens is 308 g/mol. The Hall–Kier alpha value is -2.40. The van der Waals surface area contributed by atoms with Gasteiger partial charge in [0.2, 0.25) is 0 Å². The third-order valence-corrected chi connectivity index (χ3v) is 3.52. The molecule has 1 amide bonds. The van der Waals surface area contributed by atoms with Crippen LogP contribution in [0.2, 0.25) is 0 Å². The molecule has 0 fully saturated rings. The zero-order chi connectivity index (χ0) is 16.7. The fourth-order valence-electron chi connectivity index (χ4n) is 2.10. The molecule has 0 aromatic heterocycles. The highest BCUT2D eigenvalue weighted by Crippen LogP contribution is 2.13. The molecule has 0 aliphatic carbocycles. The minimum atomic E-state index is -0.245. The van der Waals surface area contributed by atoms with Crippen LogP contribution >= 0.6 is 12.2 Å². The molecule has 0 saturated heterocycles. The number of hydrogen-bond acceptors (Lipinski definition) is 3. The Kier molecular flexibility index (Phi) is 6.11. The van der Waals surface area contributed by atoms with Crippen molar-refractivity contribution in [3.63, 3.8) is 0 Å². The molecule has 0 bridgehead atoms. The van der Waals surface area contributed by atoms with Gasteiger partial charge in [-0.15, -0.1) is 0 Å². The Morgan fingerprint density at radius 2 is 1.78 bits per heavy atom. The number of amides is 1. The lowest BCUT2D eigenvalue weighted by Crippen LogP contribution is -2.40. The van der Waals surface area contributed by atoms with E-state index in [0.717, 1.165) is 11.3 Å². The van der Waals surface area contributed by atoms with Crippen LogP contribution in [-0.4, -0.2) is 17.6 Å². The molecule has 0 aliphatic rings. The summed E-state index contributed by atoms with van der Waals surface area (Å²) in [6.45, 7) is 4.50. The maximum absolute atomic E-state index is 12.2. The molecule has 0 saturated carbocycles. The highest BCUT2D eigenvalue weighted by Gasteiger charge is 2.11. The van der Waals surface area contributed by atoms with Crippen molar-refractivity contribution >= 4 is 23.2 Å². The molecule has 120 valence electrons. The first-order valence-corrected chi connectivity index (χ1v) is 7.90. The average Bonchev–Trinajstić information content (AvgIpc) is 2.56. The molecule has 2 aromatic carbocycles. The zero-order valence-electron chi connectivity index (χ0n) is 13.2. The van der Waals surface area contributed by atoms with Gasteiger partial charge >= 0.3 is 0 Å². The van der Waals surface area contributed by atoms with Crippen LogP contribution in [0.25, 0.3) is 0 Å². The van der Waals surface area contributed by atoms with Crippen LogP contribution in [0.5, 0.6) is 5.75 Å². The maximum Gasteiger partial charge on any atom is 0.257 e. The molecule has 0 spiro atoms. The molecule has 2 N–H and O–H groups in total. The van der Waals surface area contributed by atoms with E-state index in [4.69, 9.17) is 17.0 Å². The second-order valence-corrected chi connectivity index (χ2v) is 5.43. The van der Waals surface area contributed by atoms with E-state index in [2.05, 4.69) is 10.6 Å². The Labute approximate surface area is 141 Å². The minimum absolute atomic E-state index is 0.0179. The minimum Gasteiger partial charge on any atom is -0.494 e. The number of thiocarbonyl (C=S) groups is 1. The van der Waals surface area contributed by atoms with Gasteiger partial charge in [0.25, 0.3) is 5.91 Å². The molecule has 0 radical (unpaired) electrons. The predicted molar refractivity (Wildman–Crippen MR) is 95.7 cm³/mol. The Bertz CT molecular complexity index is 656. The van der Waals surface area contributed by atoms with Gasteiger partial charge < -0.3 is 10.1 Å². The van der Waals surface area contributed by atoms with Gasteiger partial charge in [-0.2, -0.15) is 0 Å². The average molecular weight is 328 g/mol. The monoisotopic (exact) mass is 328 g/mol. The second kappa shape index (κ2) is 8.29. The lowest BCUT2D eigenvalue weighted by molar-refractivity contribution is 0.0976. The fourth-order valence-corrected chi connectivity index (χ4v) is 2.37. The zero-order valence-corrected chi connectivity index (χ0v) is 14.0. The SMILES string of the molecule is CCOc1ccc(C(=O)NC(=S)NC(C)c2ccccc2)cc1. The van der Waals surface area contributed by atoms with Crippen molar-refractivity contribution in [3.8, 4) is 5.75 Å². The van der Waals surface area contributed by atoms with Gasteiger partial charge in [-0.25, -0.2) is 0 Å². The van der Waals surface area contributed by atoms with Crippen LogP contribution in [-0.2, 0) is 0 Å². The van der Waals surface area contributed by atoms with Crippen LogP contribution in [0.3, 0.4) is 0 Å². The van der Waals surface area contributed by atoms with Crippen molar-refractivity contribution in [1.29, 1.82) is 0 Å². The topological polar surface area (TPSA) is 50.4 Å². The Morgan fingerprint density at radius 1 is 1.13 bits per heavy atom. The summed E-state index contributed by atoms with van der Waals surface area (Å²) < 4.78 is 5.35. The molecule has 0 heterocycles. The van der Waals surface area contributed by atoms with Gasteiger partial charge in [0.1, 0.15) is 5.75 Å². The lowest BCUT2D eigenvalue weighted by atomic mass is 10.1. The predicted octanol–water partition coefficient (Wildman–Crippen LogP) is 3.45. The van der Waals surface area contributed by atoms with Crippen LogP contribution in [0, 0.1) is 0 Å². The van der Waals surface area contributed by atoms with Crippen LogP contribution in [0.15, 0.2) is 54.6 Å². The summed E-state index contributed by atoms with van der Waals surface area (Å²) in [7, 11) is 0. The molecule has 0 aliphatic heterocycles.